The highest BCUT2D eigenvalue weighted by atomic mass is 16.2. The van der Waals surface area contributed by atoms with Crippen LogP contribution < -0.4 is 4.90 Å². The Kier molecular flexibility index (Phi) is 6.47. The molecule has 4 rings (SSSR count). The topological polar surface area (TPSA) is 41.4 Å². The maximum atomic E-state index is 13.6. The van der Waals surface area contributed by atoms with Gasteiger partial charge in [-0.2, -0.15) is 0 Å². The third-order valence-corrected chi connectivity index (χ3v) is 5.94. The molecule has 3 heterocycles. The lowest BCUT2D eigenvalue weighted by Gasteiger charge is -2.33. The smallest absolute Gasteiger partial charge is 0.242 e. The first-order chi connectivity index (χ1) is 14.7. The Morgan fingerprint density at radius 2 is 1.93 bits per heavy atom. The molecule has 3 aromatic rings. The second-order valence-electron chi connectivity index (χ2n) is 8.05. The molecular weight excluding hydrogens is 372 g/mol. The highest BCUT2D eigenvalue weighted by molar-refractivity contribution is 5.82. The SMILES string of the molecule is Cn1cccc1C1CCCCCN1C(=O)CN(Cc1cccnc1)c1ccccc1. The number of aryl methyl sites for hydroxylation is 1. The van der Waals surface area contributed by atoms with Crippen molar-refractivity contribution in [2.24, 2.45) is 7.05 Å². The Morgan fingerprint density at radius 3 is 2.67 bits per heavy atom. The van der Waals surface area contributed by atoms with E-state index in [2.05, 4.69) is 62.9 Å². The van der Waals surface area contributed by atoms with Crippen molar-refractivity contribution in [1.82, 2.24) is 14.5 Å². The van der Waals surface area contributed by atoms with Crippen LogP contribution in [-0.2, 0) is 18.4 Å². The van der Waals surface area contributed by atoms with Gasteiger partial charge in [-0.3, -0.25) is 9.78 Å². The zero-order valence-electron chi connectivity index (χ0n) is 17.7. The van der Waals surface area contributed by atoms with Crippen LogP contribution in [0, 0.1) is 0 Å². The Morgan fingerprint density at radius 1 is 1.07 bits per heavy atom. The summed E-state index contributed by atoms with van der Waals surface area (Å²) in [7, 11) is 2.07. The molecule has 1 amide bonds. The fourth-order valence-corrected chi connectivity index (χ4v) is 4.38. The summed E-state index contributed by atoms with van der Waals surface area (Å²) in [4.78, 5) is 22.1. The number of carbonyl (C=O) groups excluding carboxylic acids is 1. The van der Waals surface area contributed by atoms with Crippen LogP contribution in [0.2, 0.25) is 0 Å². The maximum absolute atomic E-state index is 13.6. The second kappa shape index (κ2) is 9.61. The molecule has 5 nitrogen and oxygen atoms in total. The fourth-order valence-electron chi connectivity index (χ4n) is 4.38. The Balaban J connectivity index is 1.58. The fraction of sp³-hybridized carbons (Fsp3) is 0.360. The summed E-state index contributed by atoms with van der Waals surface area (Å²) in [5.41, 5.74) is 3.38. The molecule has 156 valence electrons. The Bertz CT molecular complexity index is 938. The summed E-state index contributed by atoms with van der Waals surface area (Å²) in [6, 6.07) is 18.6. The Labute approximate surface area is 179 Å². The number of hydrogen-bond donors (Lipinski definition) is 0. The molecule has 1 aliphatic heterocycles. The van der Waals surface area contributed by atoms with Gasteiger partial charge in [0.1, 0.15) is 0 Å². The minimum absolute atomic E-state index is 0.149. The predicted molar refractivity (Wildman–Crippen MR) is 120 cm³/mol. The molecule has 1 unspecified atom stereocenters. The number of hydrogen-bond acceptors (Lipinski definition) is 3. The molecule has 0 saturated carbocycles. The normalized spacial score (nSPS) is 16.8. The molecule has 1 aromatic carbocycles. The van der Waals surface area contributed by atoms with Crippen molar-refractivity contribution >= 4 is 11.6 Å². The van der Waals surface area contributed by atoms with Crippen LogP contribution in [0.4, 0.5) is 5.69 Å². The summed E-state index contributed by atoms with van der Waals surface area (Å²) in [6.07, 6.45) is 10.2. The third kappa shape index (κ3) is 4.73. The molecular formula is C25H30N4O. The number of likely N-dealkylation sites (tertiary alicyclic amines) is 1. The van der Waals surface area contributed by atoms with Gasteiger partial charge >= 0.3 is 0 Å². The van der Waals surface area contributed by atoms with Crippen molar-refractivity contribution in [2.45, 2.75) is 38.3 Å². The van der Waals surface area contributed by atoms with Gasteiger partial charge in [0.05, 0.1) is 12.6 Å². The van der Waals surface area contributed by atoms with Crippen LogP contribution >= 0.6 is 0 Å². The molecule has 0 bridgehead atoms. The van der Waals surface area contributed by atoms with Crippen LogP contribution in [0.5, 0.6) is 0 Å². The summed E-state index contributed by atoms with van der Waals surface area (Å²) in [5.74, 6) is 0.191. The molecule has 5 heteroatoms. The number of rotatable bonds is 6. The molecule has 0 N–H and O–H groups in total. The van der Waals surface area contributed by atoms with Crippen molar-refractivity contribution < 1.29 is 4.79 Å². The minimum atomic E-state index is 0.149. The van der Waals surface area contributed by atoms with Crippen LogP contribution in [0.1, 0.15) is 43.0 Å². The number of anilines is 1. The van der Waals surface area contributed by atoms with E-state index in [4.69, 9.17) is 0 Å². The van der Waals surface area contributed by atoms with Gasteiger partial charge in [-0.1, -0.05) is 37.1 Å². The number of carbonyl (C=O) groups is 1. The summed E-state index contributed by atoms with van der Waals surface area (Å²) >= 11 is 0. The van der Waals surface area contributed by atoms with Crippen molar-refractivity contribution in [3.63, 3.8) is 0 Å². The monoisotopic (exact) mass is 402 g/mol. The van der Waals surface area contributed by atoms with Gasteiger partial charge in [0.25, 0.3) is 0 Å². The lowest BCUT2D eigenvalue weighted by atomic mass is 10.1. The van der Waals surface area contributed by atoms with E-state index < -0.39 is 0 Å². The highest BCUT2D eigenvalue weighted by Gasteiger charge is 2.29. The number of aromatic nitrogens is 2. The minimum Gasteiger partial charge on any atom is -0.358 e. The first-order valence-corrected chi connectivity index (χ1v) is 10.8. The van der Waals surface area contributed by atoms with Gasteiger partial charge in [0.15, 0.2) is 0 Å². The van der Waals surface area contributed by atoms with E-state index >= 15 is 0 Å². The van der Waals surface area contributed by atoms with E-state index in [0.717, 1.165) is 37.1 Å². The summed E-state index contributed by atoms with van der Waals surface area (Å²) in [5, 5.41) is 0. The molecule has 1 aliphatic rings. The van der Waals surface area contributed by atoms with E-state index in [1.165, 1.54) is 12.1 Å². The van der Waals surface area contributed by atoms with E-state index in [9.17, 15) is 4.79 Å². The number of pyridine rings is 1. The Hall–Kier alpha value is -3.08. The molecule has 0 aliphatic carbocycles. The van der Waals surface area contributed by atoms with E-state index in [-0.39, 0.29) is 11.9 Å². The number of nitrogens with zero attached hydrogens (tertiary/aromatic N) is 4. The zero-order valence-corrected chi connectivity index (χ0v) is 17.7. The van der Waals surface area contributed by atoms with Crippen LogP contribution in [0.3, 0.4) is 0 Å². The maximum Gasteiger partial charge on any atom is 0.242 e. The standard InChI is InChI=1S/C25H30N4O/c1-27-16-9-14-23(27)24-13-6-3-7-17-29(24)25(30)20-28(22-11-4-2-5-12-22)19-21-10-8-15-26-18-21/h2,4-5,8-12,14-16,18,24H,3,6-7,13,17,19-20H2,1H3. The van der Waals surface area contributed by atoms with Crippen molar-refractivity contribution in [3.8, 4) is 0 Å². The number of benzene rings is 1. The first-order valence-electron chi connectivity index (χ1n) is 10.8. The lowest BCUT2D eigenvalue weighted by molar-refractivity contribution is -0.132. The third-order valence-electron chi connectivity index (χ3n) is 5.94. The van der Waals surface area contributed by atoms with Gasteiger partial charge in [0.2, 0.25) is 5.91 Å². The van der Waals surface area contributed by atoms with Crippen LogP contribution in [-0.4, -0.2) is 33.4 Å². The van der Waals surface area contributed by atoms with Gasteiger partial charge in [-0.25, -0.2) is 0 Å². The molecule has 0 radical (unpaired) electrons. The predicted octanol–water partition coefficient (Wildman–Crippen LogP) is 4.57. The first kappa shape index (κ1) is 20.2. The average molecular weight is 403 g/mol. The average Bonchev–Trinajstić information content (AvgIpc) is 3.05. The van der Waals surface area contributed by atoms with Crippen LogP contribution in [0.15, 0.2) is 73.2 Å². The lowest BCUT2D eigenvalue weighted by Crippen LogP contribution is -2.42. The molecule has 1 atom stereocenters. The zero-order chi connectivity index (χ0) is 20.8. The van der Waals surface area contributed by atoms with Crippen molar-refractivity contribution in [3.05, 3.63) is 84.4 Å². The molecule has 1 fully saturated rings. The summed E-state index contributed by atoms with van der Waals surface area (Å²) in [6.45, 7) is 1.84. The van der Waals surface area contributed by atoms with E-state index in [1.54, 1.807) is 6.20 Å². The van der Waals surface area contributed by atoms with Gasteiger partial charge in [0, 0.05) is 50.1 Å². The van der Waals surface area contributed by atoms with Crippen molar-refractivity contribution in [2.75, 3.05) is 18.0 Å². The van der Waals surface area contributed by atoms with E-state index in [1.807, 2.05) is 30.5 Å². The molecule has 2 aromatic heterocycles. The summed E-state index contributed by atoms with van der Waals surface area (Å²) < 4.78 is 2.15. The quantitative estimate of drug-likeness (QED) is 0.606. The largest absolute Gasteiger partial charge is 0.358 e. The number of para-hydroxylation sites is 1. The molecule has 30 heavy (non-hydrogen) atoms. The van der Waals surface area contributed by atoms with Gasteiger partial charge in [-0.05, 0) is 48.7 Å². The second-order valence-corrected chi connectivity index (χ2v) is 8.05. The molecule has 0 spiro atoms. The van der Waals surface area contributed by atoms with Gasteiger partial charge < -0.3 is 14.4 Å². The molecule has 1 saturated heterocycles. The van der Waals surface area contributed by atoms with Gasteiger partial charge in [-0.15, -0.1) is 0 Å². The highest BCUT2D eigenvalue weighted by Crippen LogP contribution is 2.30. The number of amides is 1. The van der Waals surface area contributed by atoms with Crippen molar-refractivity contribution in [1.29, 1.82) is 0 Å². The van der Waals surface area contributed by atoms with Crippen LogP contribution in [0.25, 0.3) is 0 Å². The van der Waals surface area contributed by atoms with E-state index in [0.29, 0.717) is 13.1 Å².